The van der Waals surface area contributed by atoms with Crippen LogP contribution in [0.15, 0.2) is 30.3 Å². The second kappa shape index (κ2) is 12.7. The zero-order valence-corrected chi connectivity index (χ0v) is 22.2. The van der Waals surface area contributed by atoms with E-state index in [2.05, 4.69) is 0 Å². The molecule has 1 aromatic rings. The van der Waals surface area contributed by atoms with Crippen molar-refractivity contribution < 1.29 is 37.0 Å². The summed E-state index contributed by atoms with van der Waals surface area (Å²) in [6, 6.07) is 6.81. The van der Waals surface area contributed by atoms with Crippen molar-refractivity contribution in [1.29, 1.82) is 0 Å². The van der Waals surface area contributed by atoms with Crippen LogP contribution in [-0.2, 0) is 29.4 Å². The molecule has 35 heavy (non-hydrogen) atoms. The Morgan fingerprint density at radius 1 is 0.943 bits per heavy atom. The van der Waals surface area contributed by atoms with Crippen LogP contribution in [0, 0.1) is 23.2 Å². The van der Waals surface area contributed by atoms with Gasteiger partial charge in [0.15, 0.2) is 0 Å². The molecule has 0 bridgehead atoms. The number of ether oxygens (including phenoxy) is 3. The third-order valence-corrected chi connectivity index (χ3v) is 6.17. The smallest absolute Gasteiger partial charge is 0.432 e. The Balaban J connectivity index is 3.16. The van der Waals surface area contributed by atoms with Crippen molar-refractivity contribution in [1.82, 2.24) is 0 Å². The van der Waals surface area contributed by atoms with Gasteiger partial charge in [0, 0.05) is 12.7 Å². The van der Waals surface area contributed by atoms with Crippen molar-refractivity contribution in [3.63, 3.8) is 0 Å². The van der Waals surface area contributed by atoms with Gasteiger partial charge in [0.25, 0.3) is 5.60 Å². The SMILES string of the molecule is CCC[C@H](C)[C@@H](OC(=O)[C@](OC)(c1ccccc1)C(F)(F)F)[C@H](C)C[C@H](C)COC(=O)C(C)(C)C. The molecule has 0 aromatic heterocycles. The number of carbonyl (C=O) groups excluding carboxylic acids is 2. The van der Waals surface area contributed by atoms with Crippen LogP contribution in [0.25, 0.3) is 0 Å². The monoisotopic (exact) mass is 502 g/mol. The molecule has 5 nitrogen and oxygen atoms in total. The highest BCUT2D eigenvalue weighted by Crippen LogP contribution is 2.44. The number of hydrogen-bond donors (Lipinski definition) is 0. The van der Waals surface area contributed by atoms with Gasteiger partial charge < -0.3 is 14.2 Å². The van der Waals surface area contributed by atoms with E-state index in [0.717, 1.165) is 13.5 Å². The lowest BCUT2D eigenvalue weighted by molar-refractivity contribution is -0.279. The molecule has 5 atom stereocenters. The van der Waals surface area contributed by atoms with E-state index < -0.39 is 29.3 Å². The van der Waals surface area contributed by atoms with E-state index in [1.807, 2.05) is 27.7 Å². The Morgan fingerprint density at radius 3 is 1.97 bits per heavy atom. The first-order valence-electron chi connectivity index (χ1n) is 12.2. The summed E-state index contributed by atoms with van der Waals surface area (Å²) in [4.78, 5) is 25.3. The molecule has 8 heteroatoms. The number of halogens is 3. The van der Waals surface area contributed by atoms with Gasteiger partial charge in [0.05, 0.1) is 12.0 Å². The molecule has 0 aliphatic heterocycles. The fourth-order valence-corrected chi connectivity index (χ4v) is 4.28. The lowest BCUT2D eigenvalue weighted by Gasteiger charge is -2.37. The van der Waals surface area contributed by atoms with Crippen LogP contribution in [0.2, 0.25) is 0 Å². The van der Waals surface area contributed by atoms with Crippen LogP contribution in [0.4, 0.5) is 13.2 Å². The van der Waals surface area contributed by atoms with E-state index in [1.54, 1.807) is 26.8 Å². The van der Waals surface area contributed by atoms with Crippen LogP contribution in [0.5, 0.6) is 0 Å². The largest absolute Gasteiger partial charge is 0.465 e. The highest BCUT2D eigenvalue weighted by Gasteiger charge is 2.64. The van der Waals surface area contributed by atoms with Gasteiger partial charge in [-0.05, 0) is 51.4 Å². The Labute approximate surface area is 207 Å². The molecule has 0 amide bonds. The van der Waals surface area contributed by atoms with Gasteiger partial charge in [-0.25, -0.2) is 4.79 Å². The van der Waals surface area contributed by atoms with Crippen LogP contribution >= 0.6 is 0 Å². The average Bonchev–Trinajstić information content (AvgIpc) is 2.75. The highest BCUT2D eigenvalue weighted by molar-refractivity contribution is 5.83. The van der Waals surface area contributed by atoms with Crippen molar-refractivity contribution in [3.8, 4) is 0 Å². The summed E-state index contributed by atoms with van der Waals surface area (Å²) in [6.07, 6.45) is -3.85. The van der Waals surface area contributed by atoms with Crippen molar-refractivity contribution in [2.45, 2.75) is 85.6 Å². The first-order valence-corrected chi connectivity index (χ1v) is 12.2. The van der Waals surface area contributed by atoms with E-state index in [1.165, 1.54) is 24.3 Å². The first-order chi connectivity index (χ1) is 16.1. The molecule has 0 aliphatic carbocycles. The van der Waals surface area contributed by atoms with Gasteiger partial charge >= 0.3 is 18.1 Å². The van der Waals surface area contributed by atoms with Crippen LogP contribution in [-0.4, -0.2) is 37.9 Å². The summed E-state index contributed by atoms with van der Waals surface area (Å²) in [6.45, 7) is 13.0. The van der Waals surface area contributed by atoms with Crippen molar-refractivity contribution in [3.05, 3.63) is 35.9 Å². The maximum Gasteiger partial charge on any atom is 0.432 e. The summed E-state index contributed by atoms with van der Waals surface area (Å²) in [7, 11) is 0.862. The lowest BCUT2D eigenvalue weighted by Crippen LogP contribution is -2.53. The van der Waals surface area contributed by atoms with Crippen LogP contribution < -0.4 is 0 Å². The number of rotatable bonds is 12. The molecule has 1 rings (SSSR count). The van der Waals surface area contributed by atoms with Gasteiger partial charge in [-0.3, -0.25) is 4.79 Å². The van der Waals surface area contributed by atoms with E-state index >= 15 is 0 Å². The molecule has 1 aromatic carbocycles. The summed E-state index contributed by atoms with van der Waals surface area (Å²) >= 11 is 0. The van der Waals surface area contributed by atoms with E-state index in [-0.39, 0.29) is 35.9 Å². The molecule has 0 N–H and O–H groups in total. The fraction of sp³-hybridized carbons (Fsp3) is 0.704. The second-order valence-electron chi connectivity index (χ2n) is 10.6. The number of methoxy groups -OCH3 is 1. The zero-order chi connectivity index (χ0) is 27.0. The Kier molecular flexibility index (Phi) is 11.3. The van der Waals surface area contributed by atoms with Crippen molar-refractivity contribution in [2.75, 3.05) is 13.7 Å². The van der Waals surface area contributed by atoms with Gasteiger partial charge in [-0.2, -0.15) is 13.2 Å². The van der Waals surface area contributed by atoms with Gasteiger partial charge in [0.2, 0.25) is 0 Å². The average molecular weight is 503 g/mol. The van der Waals surface area contributed by atoms with Gasteiger partial charge in [-0.15, -0.1) is 0 Å². The lowest BCUT2D eigenvalue weighted by atomic mass is 9.84. The molecule has 0 radical (unpaired) electrons. The van der Waals surface area contributed by atoms with Crippen LogP contribution in [0.1, 0.15) is 73.3 Å². The fourth-order valence-electron chi connectivity index (χ4n) is 4.28. The summed E-state index contributed by atoms with van der Waals surface area (Å²) < 4.78 is 58.9. The summed E-state index contributed by atoms with van der Waals surface area (Å²) in [5.74, 6) is -2.33. The number of carbonyl (C=O) groups is 2. The molecule has 0 heterocycles. The predicted molar refractivity (Wildman–Crippen MR) is 128 cm³/mol. The minimum Gasteiger partial charge on any atom is -0.465 e. The molecule has 0 saturated heterocycles. The Morgan fingerprint density at radius 2 is 1.51 bits per heavy atom. The Hall–Kier alpha value is -2.09. The minimum atomic E-state index is -5.03. The minimum absolute atomic E-state index is 0.0738. The third-order valence-electron chi connectivity index (χ3n) is 6.17. The molecular weight excluding hydrogens is 461 g/mol. The van der Waals surface area contributed by atoms with Crippen molar-refractivity contribution in [2.24, 2.45) is 23.2 Å². The molecule has 0 spiro atoms. The van der Waals surface area contributed by atoms with Crippen molar-refractivity contribution >= 4 is 11.9 Å². The quantitative estimate of drug-likeness (QED) is 0.298. The maximum atomic E-state index is 14.3. The predicted octanol–water partition coefficient (Wildman–Crippen LogP) is 6.69. The molecule has 0 unspecified atom stereocenters. The number of alkyl halides is 3. The molecule has 200 valence electrons. The van der Waals surface area contributed by atoms with E-state index in [0.29, 0.717) is 12.8 Å². The van der Waals surface area contributed by atoms with Gasteiger partial charge in [-0.1, -0.05) is 64.4 Å². The van der Waals surface area contributed by atoms with Crippen LogP contribution in [0.3, 0.4) is 0 Å². The first kappa shape index (κ1) is 30.9. The third kappa shape index (κ3) is 7.95. The normalized spacial score (nSPS) is 17.6. The number of benzene rings is 1. The zero-order valence-electron chi connectivity index (χ0n) is 22.2. The maximum absolute atomic E-state index is 14.3. The molecule has 0 saturated carbocycles. The van der Waals surface area contributed by atoms with E-state index in [4.69, 9.17) is 14.2 Å². The van der Waals surface area contributed by atoms with Gasteiger partial charge in [0.1, 0.15) is 6.10 Å². The Bertz CT molecular complexity index is 803. The van der Waals surface area contributed by atoms with E-state index in [9.17, 15) is 22.8 Å². The molecule has 0 fully saturated rings. The molecular formula is C27H41F3O5. The topological polar surface area (TPSA) is 61.8 Å². The highest BCUT2D eigenvalue weighted by atomic mass is 19.4. The number of esters is 2. The second-order valence-corrected chi connectivity index (χ2v) is 10.6. The summed E-state index contributed by atoms with van der Waals surface area (Å²) in [5, 5.41) is 0. The standard InChI is InChI=1S/C27H41F3O5/c1-9-13-19(3)22(20(4)16-18(2)17-34-23(31)25(5,6)7)35-24(32)26(33-8,27(28,29)30)21-14-11-10-12-15-21/h10-12,14-15,18-20,22H,9,13,16-17H2,1-8H3/t18-,19-,20+,22+,26+/m0/s1. The number of hydrogen-bond acceptors (Lipinski definition) is 5. The summed E-state index contributed by atoms with van der Waals surface area (Å²) in [5.41, 5.74) is -4.19. The molecule has 0 aliphatic rings.